The molecule has 6 nitrogen and oxygen atoms in total. The lowest BCUT2D eigenvalue weighted by atomic mass is 10.1. The fraction of sp³-hybridized carbons (Fsp3) is 0.455. The van der Waals surface area contributed by atoms with E-state index in [1.165, 1.54) is 16.8 Å². The summed E-state index contributed by atoms with van der Waals surface area (Å²) in [7, 11) is 3.37. The Morgan fingerprint density at radius 1 is 1.04 bits per heavy atom. The first kappa shape index (κ1) is 20.0. The first-order valence-corrected chi connectivity index (χ1v) is 9.69. The number of nitrogens with zero attached hydrogens (tertiary/aromatic N) is 4. The summed E-state index contributed by atoms with van der Waals surface area (Å²) >= 11 is 0. The summed E-state index contributed by atoms with van der Waals surface area (Å²) in [5.41, 5.74) is 6.44. The predicted octanol–water partition coefficient (Wildman–Crippen LogP) is 3.70. The van der Waals surface area contributed by atoms with Crippen molar-refractivity contribution >= 4 is 17.4 Å². The van der Waals surface area contributed by atoms with Crippen LogP contribution < -0.4 is 14.5 Å². The number of methoxy groups -OCH3 is 1. The van der Waals surface area contributed by atoms with Crippen molar-refractivity contribution in [1.29, 1.82) is 0 Å². The Balaban J connectivity index is 1.71. The Kier molecular flexibility index (Phi) is 5.77. The number of hydrogen-bond acceptors (Lipinski definition) is 4. The zero-order valence-corrected chi connectivity index (χ0v) is 17.7. The third kappa shape index (κ3) is 3.91. The zero-order valence-electron chi connectivity index (χ0n) is 17.7. The Hall–Kier alpha value is -2.76. The fourth-order valence-electron chi connectivity index (χ4n) is 3.57. The van der Waals surface area contributed by atoms with Crippen LogP contribution in [0.2, 0.25) is 0 Å². The van der Waals surface area contributed by atoms with Gasteiger partial charge in [0.1, 0.15) is 5.69 Å². The second-order valence-electron chi connectivity index (χ2n) is 7.52. The number of amides is 2. The van der Waals surface area contributed by atoms with Crippen molar-refractivity contribution < 1.29 is 9.53 Å². The molecule has 2 amide bonds. The third-order valence-corrected chi connectivity index (χ3v) is 5.51. The van der Waals surface area contributed by atoms with E-state index in [0.29, 0.717) is 24.7 Å². The smallest absolute Gasteiger partial charge is 0.324 e. The molecule has 0 spiro atoms. The molecule has 0 saturated carbocycles. The molecule has 1 aromatic carbocycles. The third-order valence-electron chi connectivity index (χ3n) is 5.51. The largest absolute Gasteiger partial charge is 0.480 e. The van der Waals surface area contributed by atoms with E-state index in [0.717, 1.165) is 24.3 Å². The highest BCUT2D eigenvalue weighted by molar-refractivity contribution is 5.93. The van der Waals surface area contributed by atoms with Crippen LogP contribution in [0.4, 0.5) is 16.2 Å². The van der Waals surface area contributed by atoms with Crippen LogP contribution in [-0.2, 0) is 0 Å². The highest BCUT2D eigenvalue weighted by Crippen LogP contribution is 2.29. The standard InChI is InChI=1S/C22H30N4O2/c1-15-7-8-16(2)19(13-15)25-9-11-26(12-10-25)22(27)24(5)20-14-17(3)18(4)23-21(20)28-6/h7-8,13-14H,9-12H2,1-6H3. The second-order valence-corrected chi connectivity index (χ2v) is 7.52. The number of carbonyl (C=O) groups is 1. The van der Waals surface area contributed by atoms with E-state index in [9.17, 15) is 4.79 Å². The molecule has 1 saturated heterocycles. The Morgan fingerprint density at radius 2 is 1.71 bits per heavy atom. The van der Waals surface area contributed by atoms with Crippen LogP contribution >= 0.6 is 0 Å². The maximum atomic E-state index is 13.1. The molecule has 0 bridgehead atoms. The topological polar surface area (TPSA) is 48.9 Å². The van der Waals surface area contributed by atoms with Gasteiger partial charge in [-0.1, -0.05) is 12.1 Å². The lowest BCUT2D eigenvalue weighted by Gasteiger charge is -2.38. The molecule has 1 aliphatic heterocycles. The predicted molar refractivity (Wildman–Crippen MR) is 114 cm³/mol. The number of urea groups is 1. The summed E-state index contributed by atoms with van der Waals surface area (Å²) in [6.07, 6.45) is 0. The molecular weight excluding hydrogens is 352 g/mol. The van der Waals surface area contributed by atoms with Gasteiger partial charge >= 0.3 is 6.03 Å². The van der Waals surface area contributed by atoms with Crippen molar-refractivity contribution in [2.24, 2.45) is 0 Å². The number of ether oxygens (including phenoxy) is 1. The molecule has 0 atom stereocenters. The van der Waals surface area contributed by atoms with Gasteiger partial charge in [0.05, 0.1) is 7.11 Å². The summed E-state index contributed by atoms with van der Waals surface area (Å²) in [4.78, 5) is 23.5. The number of anilines is 2. The lowest BCUT2D eigenvalue weighted by Crippen LogP contribution is -2.52. The van der Waals surface area contributed by atoms with Crippen LogP contribution in [0.25, 0.3) is 0 Å². The van der Waals surface area contributed by atoms with E-state index in [1.807, 2.05) is 24.8 Å². The number of piperazine rings is 1. The normalized spacial score (nSPS) is 14.2. The molecule has 2 aromatic rings. The van der Waals surface area contributed by atoms with E-state index >= 15 is 0 Å². The quantitative estimate of drug-likeness (QED) is 0.812. The number of benzene rings is 1. The van der Waals surface area contributed by atoms with Crippen LogP contribution in [0.3, 0.4) is 0 Å². The molecule has 1 aliphatic rings. The van der Waals surface area contributed by atoms with Gasteiger partial charge in [0.25, 0.3) is 0 Å². The van der Waals surface area contributed by atoms with E-state index in [4.69, 9.17) is 4.74 Å². The minimum Gasteiger partial charge on any atom is -0.480 e. The molecule has 0 unspecified atom stereocenters. The molecule has 1 aromatic heterocycles. The molecule has 3 rings (SSSR count). The van der Waals surface area contributed by atoms with Gasteiger partial charge in [-0.05, 0) is 56.5 Å². The molecule has 28 heavy (non-hydrogen) atoms. The van der Waals surface area contributed by atoms with Crippen LogP contribution in [-0.4, -0.2) is 56.3 Å². The summed E-state index contributed by atoms with van der Waals surface area (Å²) in [5.74, 6) is 0.480. The van der Waals surface area contributed by atoms with Crippen LogP contribution in [0.5, 0.6) is 5.88 Å². The van der Waals surface area contributed by atoms with Gasteiger partial charge in [0.2, 0.25) is 5.88 Å². The molecule has 2 heterocycles. The molecule has 150 valence electrons. The average Bonchev–Trinajstić information content (AvgIpc) is 2.70. The number of rotatable bonds is 3. The van der Waals surface area contributed by atoms with Crippen LogP contribution in [0.1, 0.15) is 22.4 Å². The van der Waals surface area contributed by atoms with Gasteiger partial charge in [0.15, 0.2) is 0 Å². The van der Waals surface area contributed by atoms with E-state index in [1.54, 1.807) is 19.1 Å². The van der Waals surface area contributed by atoms with Crippen LogP contribution in [0.15, 0.2) is 24.3 Å². The van der Waals surface area contributed by atoms with Crippen molar-refractivity contribution in [3.8, 4) is 5.88 Å². The van der Waals surface area contributed by atoms with Gasteiger partial charge in [-0.25, -0.2) is 9.78 Å². The Morgan fingerprint density at radius 3 is 2.36 bits per heavy atom. The maximum absolute atomic E-state index is 13.1. The Labute approximate surface area is 167 Å². The number of aromatic nitrogens is 1. The highest BCUT2D eigenvalue weighted by atomic mass is 16.5. The number of aryl methyl sites for hydroxylation is 4. The summed E-state index contributed by atoms with van der Waals surface area (Å²) in [6, 6.07) is 8.47. The van der Waals surface area contributed by atoms with Crippen molar-refractivity contribution in [1.82, 2.24) is 9.88 Å². The second kappa shape index (κ2) is 8.09. The summed E-state index contributed by atoms with van der Waals surface area (Å²) < 4.78 is 5.41. The molecule has 1 fully saturated rings. The minimum atomic E-state index is -0.0241. The van der Waals surface area contributed by atoms with E-state index in [2.05, 4.69) is 41.9 Å². The molecular formula is C22H30N4O2. The van der Waals surface area contributed by atoms with Gasteiger partial charge in [-0.15, -0.1) is 0 Å². The summed E-state index contributed by atoms with van der Waals surface area (Å²) in [6.45, 7) is 11.2. The zero-order chi connectivity index (χ0) is 20.4. The van der Waals surface area contributed by atoms with E-state index in [-0.39, 0.29) is 6.03 Å². The van der Waals surface area contributed by atoms with Crippen molar-refractivity contribution in [2.45, 2.75) is 27.7 Å². The monoisotopic (exact) mass is 382 g/mol. The van der Waals surface area contributed by atoms with Crippen molar-refractivity contribution in [3.63, 3.8) is 0 Å². The van der Waals surface area contributed by atoms with Crippen LogP contribution in [0, 0.1) is 27.7 Å². The molecule has 0 N–H and O–H groups in total. The van der Waals surface area contributed by atoms with Gasteiger partial charge in [0, 0.05) is 44.6 Å². The number of pyridine rings is 1. The minimum absolute atomic E-state index is 0.0241. The van der Waals surface area contributed by atoms with Gasteiger partial charge in [-0.2, -0.15) is 0 Å². The SMILES string of the molecule is COc1nc(C)c(C)cc1N(C)C(=O)N1CCN(c2cc(C)ccc2C)CC1. The Bertz CT molecular complexity index is 873. The first-order chi connectivity index (χ1) is 13.3. The van der Waals surface area contributed by atoms with Gasteiger partial charge in [-0.3, -0.25) is 4.90 Å². The van der Waals surface area contributed by atoms with Gasteiger partial charge < -0.3 is 14.5 Å². The molecule has 6 heteroatoms. The maximum Gasteiger partial charge on any atom is 0.324 e. The van der Waals surface area contributed by atoms with Crippen molar-refractivity contribution in [2.75, 3.05) is 50.1 Å². The van der Waals surface area contributed by atoms with Crippen molar-refractivity contribution in [3.05, 3.63) is 46.6 Å². The lowest BCUT2D eigenvalue weighted by molar-refractivity contribution is 0.202. The number of carbonyl (C=O) groups excluding carboxylic acids is 1. The fourth-order valence-corrected chi connectivity index (χ4v) is 3.57. The average molecular weight is 383 g/mol. The summed E-state index contributed by atoms with van der Waals surface area (Å²) in [5, 5.41) is 0. The highest BCUT2D eigenvalue weighted by Gasteiger charge is 2.27. The first-order valence-electron chi connectivity index (χ1n) is 9.69. The van der Waals surface area contributed by atoms with E-state index < -0.39 is 0 Å². The molecule has 0 aliphatic carbocycles. The number of hydrogen-bond donors (Lipinski definition) is 0. The molecule has 0 radical (unpaired) electrons.